The summed E-state index contributed by atoms with van der Waals surface area (Å²) in [4.78, 5) is 13.6. The first-order valence-corrected chi connectivity index (χ1v) is 6.88. The molecule has 1 unspecified atom stereocenters. The van der Waals surface area contributed by atoms with Gasteiger partial charge in [-0.25, -0.2) is 0 Å². The van der Waals surface area contributed by atoms with Crippen molar-refractivity contribution in [2.24, 2.45) is 5.92 Å². The van der Waals surface area contributed by atoms with Gasteiger partial charge in [0.25, 0.3) is 0 Å². The molecule has 1 aliphatic rings. The maximum atomic E-state index is 11.8. The summed E-state index contributed by atoms with van der Waals surface area (Å²) < 4.78 is 5.59. The third kappa shape index (κ3) is 3.47. The number of unbranched alkanes of at least 4 members (excludes halogenated alkanes) is 1. The number of aliphatic hydroxyl groups is 1. The molecule has 0 aliphatic carbocycles. The largest absolute Gasteiger partial charge is 0.494 e. The first-order chi connectivity index (χ1) is 9.24. The number of nitrogens with zero attached hydrogens (tertiary/aromatic N) is 1. The van der Waals surface area contributed by atoms with Crippen molar-refractivity contribution >= 4 is 11.6 Å². The SMILES string of the molecule is CCCCOc1ccc(N2CC(CO)CC2=O)cc1. The molecule has 0 bridgehead atoms. The van der Waals surface area contributed by atoms with E-state index in [2.05, 4.69) is 6.92 Å². The molecule has 1 amide bonds. The summed E-state index contributed by atoms with van der Waals surface area (Å²) in [5.41, 5.74) is 0.879. The lowest BCUT2D eigenvalue weighted by molar-refractivity contribution is -0.117. The van der Waals surface area contributed by atoms with E-state index in [-0.39, 0.29) is 18.4 Å². The highest BCUT2D eigenvalue weighted by Crippen LogP contribution is 2.26. The van der Waals surface area contributed by atoms with Crippen molar-refractivity contribution in [3.63, 3.8) is 0 Å². The first-order valence-electron chi connectivity index (χ1n) is 6.88. The van der Waals surface area contributed by atoms with Gasteiger partial charge in [-0.2, -0.15) is 0 Å². The lowest BCUT2D eigenvalue weighted by atomic mass is 10.1. The van der Waals surface area contributed by atoms with Crippen LogP contribution in [0, 0.1) is 5.92 Å². The Morgan fingerprint density at radius 3 is 2.68 bits per heavy atom. The Bertz CT molecular complexity index is 416. The molecule has 0 saturated carbocycles. The Labute approximate surface area is 114 Å². The number of aliphatic hydroxyl groups excluding tert-OH is 1. The molecule has 4 heteroatoms. The van der Waals surface area contributed by atoms with Gasteiger partial charge < -0.3 is 14.7 Å². The van der Waals surface area contributed by atoms with Crippen molar-refractivity contribution in [3.8, 4) is 5.75 Å². The maximum absolute atomic E-state index is 11.8. The molecular formula is C15H21NO3. The first kappa shape index (κ1) is 13.9. The van der Waals surface area contributed by atoms with Gasteiger partial charge in [0.2, 0.25) is 5.91 Å². The number of benzene rings is 1. The van der Waals surface area contributed by atoms with Gasteiger partial charge in [-0.3, -0.25) is 4.79 Å². The fourth-order valence-corrected chi connectivity index (χ4v) is 2.21. The maximum Gasteiger partial charge on any atom is 0.227 e. The molecule has 19 heavy (non-hydrogen) atoms. The highest BCUT2D eigenvalue weighted by Gasteiger charge is 2.29. The summed E-state index contributed by atoms with van der Waals surface area (Å²) in [5.74, 6) is 0.981. The lowest BCUT2D eigenvalue weighted by Gasteiger charge is -2.17. The summed E-state index contributed by atoms with van der Waals surface area (Å²) >= 11 is 0. The number of anilines is 1. The third-order valence-corrected chi connectivity index (χ3v) is 3.38. The molecule has 104 valence electrons. The second kappa shape index (κ2) is 6.57. The van der Waals surface area contributed by atoms with E-state index < -0.39 is 0 Å². The minimum absolute atomic E-state index is 0.0629. The van der Waals surface area contributed by atoms with E-state index in [1.165, 1.54) is 0 Å². The van der Waals surface area contributed by atoms with E-state index >= 15 is 0 Å². The van der Waals surface area contributed by atoms with Crippen molar-refractivity contribution in [3.05, 3.63) is 24.3 Å². The van der Waals surface area contributed by atoms with Crippen molar-refractivity contribution in [1.82, 2.24) is 0 Å². The van der Waals surface area contributed by atoms with Crippen LogP contribution in [0.1, 0.15) is 26.2 Å². The van der Waals surface area contributed by atoms with Crippen LogP contribution in [-0.4, -0.2) is 30.8 Å². The monoisotopic (exact) mass is 263 g/mol. The molecule has 1 aromatic carbocycles. The van der Waals surface area contributed by atoms with Crippen molar-refractivity contribution in [1.29, 1.82) is 0 Å². The Hall–Kier alpha value is -1.55. The predicted octanol–water partition coefficient (Wildman–Crippen LogP) is 2.21. The van der Waals surface area contributed by atoms with E-state index in [4.69, 9.17) is 9.84 Å². The molecule has 0 aromatic heterocycles. The summed E-state index contributed by atoms with van der Waals surface area (Å²) in [6.07, 6.45) is 2.60. The van der Waals surface area contributed by atoms with Gasteiger partial charge in [-0.1, -0.05) is 13.3 Å². The quantitative estimate of drug-likeness (QED) is 0.801. The fraction of sp³-hybridized carbons (Fsp3) is 0.533. The van der Waals surface area contributed by atoms with Gasteiger partial charge >= 0.3 is 0 Å². The van der Waals surface area contributed by atoms with Crippen LogP contribution in [0.15, 0.2) is 24.3 Å². The zero-order chi connectivity index (χ0) is 13.7. The Morgan fingerprint density at radius 1 is 1.37 bits per heavy atom. The molecule has 0 radical (unpaired) electrons. The zero-order valence-corrected chi connectivity index (χ0v) is 11.3. The van der Waals surface area contributed by atoms with Crippen LogP contribution in [-0.2, 0) is 4.79 Å². The normalized spacial score (nSPS) is 18.9. The fourth-order valence-electron chi connectivity index (χ4n) is 2.21. The molecule has 1 heterocycles. The number of ether oxygens (including phenoxy) is 1. The number of carbonyl (C=O) groups excluding carboxylic acids is 1. The van der Waals surface area contributed by atoms with Crippen molar-refractivity contribution in [2.75, 3.05) is 24.7 Å². The number of rotatable bonds is 6. The van der Waals surface area contributed by atoms with E-state index in [9.17, 15) is 4.79 Å². The Balaban J connectivity index is 1.96. The summed E-state index contributed by atoms with van der Waals surface area (Å²) in [5, 5.41) is 9.11. The van der Waals surface area contributed by atoms with Gasteiger partial charge in [0.05, 0.1) is 6.61 Å². The summed E-state index contributed by atoms with van der Waals surface area (Å²) in [6.45, 7) is 3.53. The van der Waals surface area contributed by atoms with Gasteiger partial charge in [-0.05, 0) is 30.7 Å². The average molecular weight is 263 g/mol. The van der Waals surface area contributed by atoms with Crippen molar-refractivity contribution in [2.45, 2.75) is 26.2 Å². The zero-order valence-electron chi connectivity index (χ0n) is 11.3. The highest BCUT2D eigenvalue weighted by atomic mass is 16.5. The standard InChI is InChI=1S/C15H21NO3/c1-2-3-8-19-14-6-4-13(5-7-14)16-10-12(11-17)9-15(16)18/h4-7,12,17H,2-3,8-11H2,1H3. The Kier molecular flexibility index (Phi) is 4.80. The molecule has 1 fully saturated rings. The number of hydrogen-bond acceptors (Lipinski definition) is 3. The van der Waals surface area contributed by atoms with E-state index in [0.717, 1.165) is 30.9 Å². The second-order valence-corrected chi connectivity index (χ2v) is 4.95. The molecular weight excluding hydrogens is 242 g/mol. The second-order valence-electron chi connectivity index (χ2n) is 4.95. The van der Waals surface area contributed by atoms with E-state index in [1.54, 1.807) is 4.90 Å². The van der Waals surface area contributed by atoms with Crippen LogP contribution >= 0.6 is 0 Å². The number of carbonyl (C=O) groups is 1. The van der Waals surface area contributed by atoms with Crippen LogP contribution in [0.25, 0.3) is 0 Å². The molecule has 1 saturated heterocycles. The van der Waals surface area contributed by atoms with Gasteiger partial charge in [-0.15, -0.1) is 0 Å². The Morgan fingerprint density at radius 2 is 2.11 bits per heavy atom. The topological polar surface area (TPSA) is 49.8 Å². The molecule has 1 aromatic rings. The molecule has 1 N–H and O–H groups in total. The van der Waals surface area contributed by atoms with Crippen LogP contribution in [0.4, 0.5) is 5.69 Å². The molecule has 1 aliphatic heterocycles. The van der Waals surface area contributed by atoms with Gasteiger partial charge in [0.1, 0.15) is 5.75 Å². The van der Waals surface area contributed by atoms with Gasteiger partial charge in [0.15, 0.2) is 0 Å². The predicted molar refractivity (Wildman–Crippen MR) is 74.4 cm³/mol. The minimum Gasteiger partial charge on any atom is -0.494 e. The molecule has 1 atom stereocenters. The van der Waals surface area contributed by atoms with E-state index in [0.29, 0.717) is 13.0 Å². The van der Waals surface area contributed by atoms with Gasteiger partial charge in [0, 0.05) is 31.2 Å². The smallest absolute Gasteiger partial charge is 0.227 e. The van der Waals surface area contributed by atoms with Crippen LogP contribution in [0.2, 0.25) is 0 Å². The lowest BCUT2D eigenvalue weighted by Crippen LogP contribution is -2.24. The summed E-state index contributed by atoms with van der Waals surface area (Å²) in [7, 11) is 0. The minimum atomic E-state index is 0.0629. The number of amides is 1. The average Bonchev–Trinajstić information content (AvgIpc) is 2.81. The molecule has 4 nitrogen and oxygen atoms in total. The number of hydrogen-bond donors (Lipinski definition) is 1. The van der Waals surface area contributed by atoms with Crippen molar-refractivity contribution < 1.29 is 14.6 Å². The highest BCUT2D eigenvalue weighted by molar-refractivity contribution is 5.95. The molecule has 0 spiro atoms. The molecule has 2 rings (SSSR count). The van der Waals surface area contributed by atoms with Crippen LogP contribution in [0.3, 0.4) is 0 Å². The third-order valence-electron chi connectivity index (χ3n) is 3.38. The summed E-state index contributed by atoms with van der Waals surface area (Å²) in [6, 6.07) is 7.59. The van der Waals surface area contributed by atoms with Crippen LogP contribution < -0.4 is 9.64 Å². The van der Waals surface area contributed by atoms with E-state index in [1.807, 2.05) is 24.3 Å². The van der Waals surface area contributed by atoms with Crippen LogP contribution in [0.5, 0.6) is 5.75 Å².